The molecule has 0 radical (unpaired) electrons. The highest BCUT2D eigenvalue weighted by Gasteiger charge is 2.04. The van der Waals surface area contributed by atoms with Crippen LogP contribution in [0.5, 0.6) is 0 Å². The van der Waals surface area contributed by atoms with Crippen LogP contribution < -0.4 is 10.6 Å². The molecule has 7 heteroatoms. The molecule has 2 amide bonds. The fourth-order valence-corrected chi connectivity index (χ4v) is 2.33. The van der Waals surface area contributed by atoms with Crippen LogP contribution >= 0.6 is 0 Å². The largest absolute Gasteiger partial charge is 0.350 e. The molecule has 2 aromatic heterocycles. The van der Waals surface area contributed by atoms with Crippen molar-refractivity contribution in [3.05, 3.63) is 84.6 Å². The molecule has 1 aromatic carbocycles. The Bertz CT molecular complexity index is 921. The van der Waals surface area contributed by atoms with Crippen LogP contribution in [0.25, 0.3) is 11.9 Å². The Balaban J connectivity index is 1.44. The maximum atomic E-state index is 11.9. The molecule has 0 spiro atoms. The smallest absolute Gasteiger partial charge is 0.244 e. The number of amides is 2. The molecule has 0 bridgehead atoms. The van der Waals surface area contributed by atoms with Crippen LogP contribution in [0.15, 0.2) is 73.5 Å². The highest BCUT2D eigenvalue weighted by molar-refractivity contribution is 5.94. The monoisotopic (exact) mass is 361 g/mol. The summed E-state index contributed by atoms with van der Waals surface area (Å²) in [5.41, 5.74) is 1.82. The Morgan fingerprint density at radius 2 is 1.93 bits per heavy atom. The van der Waals surface area contributed by atoms with Gasteiger partial charge in [-0.25, -0.2) is 9.97 Å². The zero-order valence-electron chi connectivity index (χ0n) is 14.6. The third kappa shape index (κ3) is 5.64. The Kier molecular flexibility index (Phi) is 6.08. The molecule has 3 aromatic rings. The van der Waals surface area contributed by atoms with Crippen molar-refractivity contribution < 1.29 is 9.59 Å². The minimum atomic E-state index is -0.319. The van der Waals surface area contributed by atoms with Crippen LogP contribution in [0.3, 0.4) is 0 Å². The van der Waals surface area contributed by atoms with E-state index in [1.54, 1.807) is 35.6 Å². The van der Waals surface area contributed by atoms with E-state index in [9.17, 15) is 9.59 Å². The third-order valence-electron chi connectivity index (χ3n) is 3.72. The van der Waals surface area contributed by atoms with Crippen molar-refractivity contribution in [3.8, 4) is 5.82 Å². The minimum absolute atomic E-state index is 0.0859. The van der Waals surface area contributed by atoms with Gasteiger partial charge in [0.25, 0.3) is 0 Å². The maximum absolute atomic E-state index is 11.9. The second kappa shape index (κ2) is 9.10. The number of carbonyl (C=O) groups is 2. The van der Waals surface area contributed by atoms with Crippen LogP contribution in [0.4, 0.5) is 0 Å². The number of aromatic nitrogens is 3. The predicted octanol–water partition coefficient (Wildman–Crippen LogP) is 1.71. The summed E-state index contributed by atoms with van der Waals surface area (Å²) in [7, 11) is 0. The highest BCUT2D eigenvalue weighted by atomic mass is 16.2. The van der Waals surface area contributed by atoms with E-state index < -0.39 is 0 Å². The number of carbonyl (C=O) groups excluding carboxylic acids is 2. The lowest BCUT2D eigenvalue weighted by molar-refractivity contribution is -0.124. The van der Waals surface area contributed by atoms with Crippen molar-refractivity contribution in [1.82, 2.24) is 25.2 Å². The van der Waals surface area contributed by atoms with Crippen molar-refractivity contribution in [2.45, 2.75) is 6.54 Å². The van der Waals surface area contributed by atoms with Gasteiger partial charge in [-0.1, -0.05) is 30.3 Å². The van der Waals surface area contributed by atoms with Gasteiger partial charge in [0.2, 0.25) is 11.8 Å². The fourth-order valence-electron chi connectivity index (χ4n) is 2.33. The molecule has 0 aliphatic carbocycles. The molecular formula is C20H19N5O2. The van der Waals surface area contributed by atoms with Crippen LogP contribution in [0, 0.1) is 0 Å². The van der Waals surface area contributed by atoms with Crippen molar-refractivity contribution in [1.29, 1.82) is 0 Å². The lowest BCUT2D eigenvalue weighted by Crippen LogP contribution is -2.35. The summed E-state index contributed by atoms with van der Waals surface area (Å²) < 4.78 is 1.78. The second-order valence-corrected chi connectivity index (χ2v) is 5.73. The average Bonchev–Trinajstić information content (AvgIpc) is 3.25. The topological polar surface area (TPSA) is 88.9 Å². The first kappa shape index (κ1) is 18.1. The van der Waals surface area contributed by atoms with E-state index in [2.05, 4.69) is 20.6 Å². The Morgan fingerprint density at radius 3 is 2.70 bits per heavy atom. The van der Waals surface area contributed by atoms with Gasteiger partial charge in [-0.15, -0.1) is 0 Å². The summed E-state index contributed by atoms with van der Waals surface area (Å²) >= 11 is 0. The molecule has 3 rings (SSSR count). The minimum Gasteiger partial charge on any atom is -0.350 e. The summed E-state index contributed by atoms with van der Waals surface area (Å²) in [6, 6.07) is 13.2. The first-order valence-electron chi connectivity index (χ1n) is 8.41. The van der Waals surface area contributed by atoms with Gasteiger partial charge >= 0.3 is 0 Å². The first-order valence-corrected chi connectivity index (χ1v) is 8.41. The number of rotatable bonds is 7. The van der Waals surface area contributed by atoms with Gasteiger partial charge in [0, 0.05) is 31.2 Å². The van der Waals surface area contributed by atoms with Crippen LogP contribution in [0.2, 0.25) is 0 Å². The normalized spacial score (nSPS) is 10.7. The molecule has 0 atom stereocenters. The van der Waals surface area contributed by atoms with Crippen molar-refractivity contribution in [2.24, 2.45) is 0 Å². The SMILES string of the molecule is O=C(/C=C/c1ccccc1)NCC(=O)NCc1ccnc(-n2ccnc2)c1. The first-order chi connectivity index (χ1) is 13.2. The van der Waals surface area contributed by atoms with Gasteiger partial charge in [0.1, 0.15) is 12.1 Å². The van der Waals surface area contributed by atoms with E-state index in [1.165, 1.54) is 6.08 Å². The van der Waals surface area contributed by atoms with E-state index in [1.807, 2.05) is 42.5 Å². The lowest BCUT2D eigenvalue weighted by atomic mass is 10.2. The van der Waals surface area contributed by atoms with E-state index in [4.69, 9.17) is 0 Å². The van der Waals surface area contributed by atoms with Crippen molar-refractivity contribution >= 4 is 17.9 Å². The zero-order valence-corrected chi connectivity index (χ0v) is 14.6. The average molecular weight is 361 g/mol. The molecule has 0 aliphatic heterocycles. The summed E-state index contributed by atoms with van der Waals surface area (Å²) in [5.74, 6) is 0.136. The number of benzene rings is 1. The standard InChI is InChI=1S/C20H19N5O2/c26-19(7-6-16-4-2-1-3-5-16)24-14-20(27)23-13-17-8-9-22-18(12-17)25-11-10-21-15-25/h1-12,15H,13-14H2,(H,23,27)(H,24,26)/b7-6+. The van der Waals surface area contributed by atoms with E-state index in [0.717, 1.165) is 16.9 Å². The van der Waals surface area contributed by atoms with Crippen molar-refractivity contribution in [2.75, 3.05) is 6.54 Å². The second-order valence-electron chi connectivity index (χ2n) is 5.73. The highest BCUT2D eigenvalue weighted by Crippen LogP contribution is 2.06. The quantitative estimate of drug-likeness (QED) is 0.627. The molecule has 0 unspecified atom stereocenters. The molecule has 136 valence electrons. The molecule has 0 aliphatic rings. The number of imidazole rings is 1. The Labute approximate surface area is 156 Å². The van der Waals surface area contributed by atoms with E-state index >= 15 is 0 Å². The van der Waals surface area contributed by atoms with Gasteiger partial charge in [-0.3, -0.25) is 14.2 Å². The molecule has 0 saturated heterocycles. The summed E-state index contributed by atoms with van der Waals surface area (Å²) in [6.45, 7) is 0.260. The molecule has 2 N–H and O–H groups in total. The number of pyridine rings is 1. The van der Waals surface area contributed by atoms with Crippen LogP contribution in [0.1, 0.15) is 11.1 Å². The Morgan fingerprint density at radius 1 is 1.07 bits per heavy atom. The third-order valence-corrected chi connectivity index (χ3v) is 3.72. The van der Waals surface area contributed by atoms with Crippen LogP contribution in [-0.4, -0.2) is 32.9 Å². The van der Waals surface area contributed by atoms with Crippen molar-refractivity contribution in [3.63, 3.8) is 0 Å². The summed E-state index contributed by atoms with van der Waals surface area (Å²) in [5, 5.41) is 5.33. The van der Waals surface area contributed by atoms with Gasteiger partial charge < -0.3 is 10.6 Å². The molecule has 2 heterocycles. The number of nitrogens with zero attached hydrogens (tertiary/aromatic N) is 3. The molecule has 0 fully saturated rings. The zero-order chi connectivity index (χ0) is 18.9. The lowest BCUT2D eigenvalue weighted by Gasteiger charge is -2.07. The molecule has 27 heavy (non-hydrogen) atoms. The predicted molar refractivity (Wildman–Crippen MR) is 102 cm³/mol. The summed E-state index contributed by atoms with van der Waals surface area (Å²) in [4.78, 5) is 31.9. The number of nitrogens with one attached hydrogen (secondary N) is 2. The maximum Gasteiger partial charge on any atom is 0.244 e. The molecule has 7 nitrogen and oxygen atoms in total. The Hall–Kier alpha value is -3.74. The van der Waals surface area contributed by atoms with E-state index in [-0.39, 0.29) is 18.4 Å². The summed E-state index contributed by atoms with van der Waals surface area (Å²) in [6.07, 6.45) is 9.90. The van der Waals surface area contributed by atoms with Gasteiger partial charge in [0.15, 0.2) is 0 Å². The number of hydrogen-bond acceptors (Lipinski definition) is 4. The number of hydrogen-bond donors (Lipinski definition) is 2. The van der Waals surface area contributed by atoms with Gasteiger partial charge in [-0.2, -0.15) is 0 Å². The molecule has 0 saturated carbocycles. The van der Waals surface area contributed by atoms with E-state index in [0.29, 0.717) is 6.54 Å². The van der Waals surface area contributed by atoms with Crippen LogP contribution in [-0.2, 0) is 16.1 Å². The van der Waals surface area contributed by atoms with Gasteiger partial charge in [0.05, 0.1) is 6.54 Å². The van der Waals surface area contributed by atoms with Gasteiger partial charge in [-0.05, 0) is 29.3 Å². The fraction of sp³-hybridized carbons (Fsp3) is 0.100. The molecular weight excluding hydrogens is 342 g/mol.